The second kappa shape index (κ2) is 6.66. The highest BCUT2D eigenvalue weighted by atomic mass is 16.5. The number of benzene rings is 1. The molecule has 1 aromatic carbocycles. The molecule has 0 aliphatic heterocycles. The maximum Gasteiger partial charge on any atom is 0.224 e. The zero-order valence-corrected chi connectivity index (χ0v) is 13.1. The van der Waals surface area contributed by atoms with Crippen molar-refractivity contribution in [2.24, 2.45) is 0 Å². The van der Waals surface area contributed by atoms with E-state index < -0.39 is 5.60 Å². The van der Waals surface area contributed by atoms with Crippen LogP contribution in [-0.4, -0.2) is 24.7 Å². The Bertz CT molecular complexity index is 646. The van der Waals surface area contributed by atoms with Crippen molar-refractivity contribution in [1.29, 1.82) is 0 Å². The van der Waals surface area contributed by atoms with Crippen LogP contribution in [0.3, 0.4) is 0 Å². The second-order valence-corrected chi connectivity index (χ2v) is 5.49. The fourth-order valence-corrected chi connectivity index (χ4v) is 2.11. The molecule has 0 bridgehead atoms. The summed E-state index contributed by atoms with van der Waals surface area (Å²) in [4.78, 5) is 12.0. The smallest absolute Gasteiger partial charge is 0.224 e. The van der Waals surface area contributed by atoms with E-state index in [0.717, 1.165) is 11.3 Å². The molecule has 0 fully saturated rings. The van der Waals surface area contributed by atoms with Crippen LogP contribution in [0.5, 0.6) is 5.75 Å². The molecular formula is C17H21NO4. The number of hydrogen-bond acceptors (Lipinski definition) is 4. The van der Waals surface area contributed by atoms with Gasteiger partial charge in [0.25, 0.3) is 0 Å². The number of nitrogens with one attached hydrogen (secondary N) is 1. The lowest BCUT2D eigenvalue weighted by molar-refractivity contribution is -0.121. The van der Waals surface area contributed by atoms with Crippen molar-refractivity contribution in [3.05, 3.63) is 53.5 Å². The van der Waals surface area contributed by atoms with Crippen molar-refractivity contribution in [2.75, 3.05) is 13.7 Å². The molecule has 2 aromatic rings. The maximum atomic E-state index is 12.0. The number of carbonyl (C=O) groups is 1. The molecule has 1 unspecified atom stereocenters. The number of carbonyl (C=O) groups excluding carboxylic acids is 1. The first-order valence-electron chi connectivity index (χ1n) is 7.09. The Morgan fingerprint density at radius 2 is 2.14 bits per heavy atom. The van der Waals surface area contributed by atoms with Crippen LogP contribution in [0.2, 0.25) is 0 Å². The first kappa shape index (κ1) is 16.1. The minimum Gasteiger partial charge on any atom is -0.497 e. The zero-order chi connectivity index (χ0) is 16.2. The molecule has 5 heteroatoms. The highest BCUT2D eigenvalue weighted by molar-refractivity contribution is 5.78. The van der Waals surface area contributed by atoms with Gasteiger partial charge in [-0.2, -0.15) is 0 Å². The minimum atomic E-state index is -1.24. The molecule has 1 aromatic heterocycles. The van der Waals surface area contributed by atoms with Crippen LogP contribution in [-0.2, 0) is 16.8 Å². The van der Waals surface area contributed by atoms with E-state index in [1.165, 1.54) is 0 Å². The van der Waals surface area contributed by atoms with E-state index in [1.807, 2.05) is 24.3 Å². The summed E-state index contributed by atoms with van der Waals surface area (Å²) in [6.07, 6.45) is 0.227. The summed E-state index contributed by atoms with van der Waals surface area (Å²) < 4.78 is 10.5. The van der Waals surface area contributed by atoms with Crippen LogP contribution in [0, 0.1) is 6.92 Å². The highest BCUT2D eigenvalue weighted by Crippen LogP contribution is 2.22. The maximum absolute atomic E-state index is 12.0. The van der Waals surface area contributed by atoms with Gasteiger partial charge in [0.1, 0.15) is 22.9 Å². The van der Waals surface area contributed by atoms with Gasteiger partial charge < -0.3 is 19.6 Å². The van der Waals surface area contributed by atoms with Gasteiger partial charge in [-0.05, 0) is 43.7 Å². The minimum absolute atomic E-state index is 0.0861. The SMILES string of the molecule is COc1cccc(CC(=O)NCC(C)(O)c2ccc(C)o2)c1. The molecule has 0 saturated heterocycles. The van der Waals surface area contributed by atoms with Crippen molar-refractivity contribution in [2.45, 2.75) is 25.9 Å². The molecule has 118 valence electrons. The highest BCUT2D eigenvalue weighted by Gasteiger charge is 2.27. The van der Waals surface area contributed by atoms with E-state index in [1.54, 1.807) is 33.1 Å². The topological polar surface area (TPSA) is 71.7 Å². The predicted octanol–water partition coefficient (Wildman–Crippen LogP) is 2.16. The number of amides is 1. The van der Waals surface area contributed by atoms with Crippen molar-refractivity contribution in [3.63, 3.8) is 0 Å². The second-order valence-electron chi connectivity index (χ2n) is 5.49. The summed E-state index contributed by atoms with van der Waals surface area (Å²) in [5.41, 5.74) is -0.386. The van der Waals surface area contributed by atoms with Gasteiger partial charge in [-0.15, -0.1) is 0 Å². The summed E-state index contributed by atoms with van der Waals surface area (Å²) in [6.45, 7) is 3.50. The first-order chi connectivity index (χ1) is 10.4. The largest absolute Gasteiger partial charge is 0.497 e. The quantitative estimate of drug-likeness (QED) is 0.858. The van der Waals surface area contributed by atoms with Crippen LogP contribution < -0.4 is 10.1 Å². The Balaban J connectivity index is 1.92. The first-order valence-corrected chi connectivity index (χ1v) is 7.09. The lowest BCUT2D eigenvalue weighted by atomic mass is 10.0. The van der Waals surface area contributed by atoms with Gasteiger partial charge in [-0.1, -0.05) is 12.1 Å². The van der Waals surface area contributed by atoms with E-state index >= 15 is 0 Å². The number of aryl methyl sites for hydroxylation is 1. The number of hydrogen-bond donors (Lipinski definition) is 2. The van der Waals surface area contributed by atoms with Gasteiger partial charge in [-0.25, -0.2) is 0 Å². The number of furan rings is 1. The van der Waals surface area contributed by atoms with E-state index in [-0.39, 0.29) is 18.9 Å². The third kappa shape index (κ3) is 4.11. The van der Waals surface area contributed by atoms with Gasteiger partial charge in [0.05, 0.1) is 20.1 Å². The molecule has 0 saturated carbocycles. The standard InChI is InChI=1S/C17H21NO4/c1-12-7-8-15(22-12)17(2,20)11-18-16(19)10-13-5-4-6-14(9-13)21-3/h4-9,20H,10-11H2,1-3H3,(H,18,19). The molecule has 0 radical (unpaired) electrons. The van der Waals surface area contributed by atoms with E-state index in [4.69, 9.17) is 9.15 Å². The van der Waals surface area contributed by atoms with E-state index in [2.05, 4.69) is 5.32 Å². The van der Waals surface area contributed by atoms with Gasteiger partial charge in [0.2, 0.25) is 5.91 Å². The predicted molar refractivity (Wildman–Crippen MR) is 82.7 cm³/mol. The summed E-state index contributed by atoms with van der Waals surface area (Å²) in [6, 6.07) is 10.8. The molecule has 2 N–H and O–H groups in total. The van der Waals surface area contributed by atoms with Crippen molar-refractivity contribution < 1.29 is 19.1 Å². The molecule has 22 heavy (non-hydrogen) atoms. The average molecular weight is 303 g/mol. The average Bonchev–Trinajstić information content (AvgIpc) is 2.93. The normalized spacial score (nSPS) is 13.5. The fourth-order valence-electron chi connectivity index (χ4n) is 2.11. The molecule has 1 atom stereocenters. The monoisotopic (exact) mass is 303 g/mol. The Labute approximate surface area is 129 Å². The summed E-state index contributed by atoms with van der Waals surface area (Å²) in [5, 5.41) is 13.1. The summed E-state index contributed by atoms with van der Waals surface area (Å²) >= 11 is 0. The molecular weight excluding hydrogens is 282 g/mol. The third-order valence-electron chi connectivity index (χ3n) is 3.40. The van der Waals surface area contributed by atoms with Gasteiger partial charge in [0.15, 0.2) is 0 Å². The lowest BCUT2D eigenvalue weighted by Gasteiger charge is -2.21. The number of ether oxygens (including phenoxy) is 1. The molecule has 0 aliphatic rings. The van der Waals surface area contributed by atoms with Crippen LogP contribution in [0.25, 0.3) is 0 Å². The van der Waals surface area contributed by atoms with E-state index in [9.17, 15) is 9.90 Å². The lowest BCUT2D eigenvalue weighted by Crippen LogP contribution is -2.39. The molecule has 5 nitrogen and oxygen atoms in total. The zero-order valence-electron chi connectivity index (χ0n) is 13.1. The van der Waals surface area contributed by atoms with Crippen LogP contribution in [0.1, 0.15) is 24.0 Å². The van der Waals surface area contributed by atoms with Gasteiger partial charge in [-0.3, -0.25) is 4.79 Å². The molecule has 2 rings (SSSR count). The molecule has 0 aliphatic carbocycles. The van der Waals surface area contributed by atoms with Crippen molar-refractivity contribution in [3.8, 4) is 5.75 Å². The van der Waals surface area contributed by atoms with Crippen molar-refractivity contribution >= 4 is 5.91 Å². The van der Waals surface area contributed by atoms with Crippen LogP contribution in [0.15, 0.2) is 40.8 Å². The Kier molecular flexibility index (Phi) is 4.88. The fraction of sp³-hybridized carbons (Fsp3) is 0.353. The van der Waals surface area contributed by atoms with Gasteiger partial charge >= 0.3 is 0 Å². The Morgan fingerprint density at radius 3 is 2.77 bits per heavy atom. The number of methoxy groups -OCH3 is 1. The van der Waals surface area contributed by atoms with Crippen molar-refractivity contribution in [1.82, 2.24) is 5.32 Å². The number of rotatable bonds is 6. The molecule has 1 heterocycles. The van der Waals surface area contributed by atoms with Crippen LogP contribution >= 0.6 is 0 Å². The Hall–Kier alpha value is -2.27. The molecule has 1 amide bonds. The third-order valence-corrected chi connectivity index (χ3v) is 3.40. The summed E-state index contributed by atoms with van der Waals surface area (Å²) in [5.74, 6) is 1.70. The number of aliphatic hydroxyl groups is 1. The van der Waals surface area contributed by atoms with Gasteiger partial charge in [0, 0.05) is 0 Å². The summed E-state index contributed by atoms with van der Waals surface area (Å²) in [7, 11) is 1.59. The van der Waals surface area contributed by atoms with Crippen LogP contribution in [0.4, 0.5) is 0 Å². The molecule has 0 spiro atoms. The Morgan fingerprint density at radius 1 is 1.36 bits per heavy atom. The van der Waals surface area contributed by atoms with E-state index in [0.29, 0.717) is 11.5 Å².